The average molecular weight is 269 g/mol. The second-order valence-electron chi connectivity index (χ2n) is 4.96. The molecule has 3 aromatic heterocycles. The van der Waals surface area contributed by atoms with Crippen LogP contribution in [0.5, 0.6) is 0 Å². The highest BCUT2D eigenvalue weighted by atomic mass is 15.4. The first-order valence-corrected chi connectivity index (χ1v) is 6.46. The molecule has 102 valence electrons. The van der Waals surface area contributed by atoms with E-state index in [9.17, 15) is 0 Å². The van der Waals surface area contributed by atoms with Crippen molar-refractivity contribution in [2.45, 2.75) is 33.6 Å². The molecule has 0 unspecified atom stereocenters. The van der Waals surface area contributed by atoms with E-state index in [4.69, 9.17) is 0 Å². The summed E-state index contributed by atoms with van der Waals surface area (Å²) in [5.41, 5.74) is 2.32. The van der Waals surface area contributed by atoms with Gasteiger partial charge in [-0.2, -0.15) is 9.50 Å². The first-order valence-electron chi connectivity index (χ1n) is 6.46. The normalized spacial score (nSPS) is 11.4. The molecule has 7 heteroatoms. The number of rotatable bonds is 2. The third-order valence-electron chi connectivity index (χ3n) is 3.03. The van der Waals surface area contributed by atoms with Crippen LogP contribution in [0.4, 0.5) is 0 Å². The lowest BCUT2D eigenvalue weighted by atomic mass is 10.2. The van der Waals surface area contributed by atoms with Gasteiger partial charge in [0.05, 0.1) is 11.4 Å². The summed E-state index contributed by atoms with van der Waals surface area (Å²) in [6.07, 6.45) is 1.75. The summed E-state index contributed by atoms with van der Waals surface area (Å²) in [5.74, 6) is 2.23. The average Bonchev–Trinajstić information content (AvgIpc) is 2.81. The van der Waals surface area contributed by atoms with Crippen LogP contribution in [0.15, 0.2) is 12.3 Å². The van der Waals surface area contributed by atoms with Gasteiger partial charge in [0.2, 0.25) is 0 Å². The maximum Gasteiger partial charge on any atom is 0.272 e. The fraction of sp³-hybridized carbons (Fsp3) is 0.385. The van der Waals surface area contributed by atoms with Crippen LogP contribution in [0.1, 0.15) is 37.1 Å². The zero-order valence-electron chi connectivity index (χ0n) is 11.9. The van der Waals surface area contributed by atoms with Gasteiger partial charge in [0.25, 0.3) is 5.78 Å². The quantitative estimate of drug-likeness (QED) is 0.704. The number of aryl methyl sites for hydroxylation is 2. The van der Waals surface area contributed by atoms with Crippen molar-refractivity contribution in [1.82, 2.24) is 34.8 Å². The van der Waals surface area contributed by atoms with Crippen LogP contribution in [0, 0.1) is 13.8 Å². The molecule has 0 aromatic carbocycles. The molecule has 3 rings (SSSR count). The Morgan fingerprint density at radius 2 is 1.90 bits per heavy atom. The van der Waals surface area contributed by atoms with E-state index in [-0.39, 0.29) is 5.92 Å². The summed E-state index contributed by atoms with van der Waals surface area (Å²) in [4.78, 5) is 13.0. The summed E-state index contributed by atoms with van der Waals surface area (Å²) in [6.45, 7) is 7.88. The molecule has 0 saturated heterocycles. The number of aromatic nitrogens is 7. The van der Waals surface area contributed by atoms with Gasteiger partial charge >= 0.3 is 0 Å². The Morgan fingerprint density at radius 1 is 1.10 bits per heavy atom. The molecular weight excluding hydrogens is 254 g/mol. The minimum Gasteiger partial charge on any atom is -0.241 e. The highest BCUT2D eigenvalue weighted by molar-refractivity contribution is 5.57. The molecule has 0 amide bonds. The van der Waals surface area contributed by atoms with Gasteiger partial charge in [0, 0.05) is 12.1 Å². The largest absolute Gasteiger partial charge is 0.272 e. The maximum atomic E-state index is 4.54. The van der Waals surface area contributed by atoms with Crippen LogP contribution < -0.4 is 0 Å². The number of hydrogen-bond donors (Lipinski definition) is 0. The van der Waals surface area contributed by atoms with Crippen LogP contribution in [-0.2, 0) is 0 Å². The molecule has 0 N–H and O–H groups in total. The van der Waals surface area contributed by atoms with Crippen molar-refractivity contribution in [3.8, 4) is 11.4 Å². The van der Waals surface area contributed by atoms with Crippen LogP contribution >= 0.6 is 0 Å². The molecule has 0 atom stereocenters. The monoisotopic (exact) mass is 269 g/mol. The first-order chi connectivity index (χ1) is 9.56. The molecule has 7 nitrogen and oxygen atoms in total. The molecule has 0 spiro atoms. The Labute approximate surface area is 116 Å². The Hall–Kier alpha value is -2.44. The number of hydrogen-bond acceptors (Lipinski definition) is 6. The molecule has 0 saturated carbocycles. The zero-order valence-corrected chi connectivity index (χ0v) is 11.9. The third kappa shape index (κ3) is 2.01. The summed E-state index contributed by atoms with van der Waals surface area (Å²) in [7, 11) is 0. The highest BCUT2D eigenvalue weighted by Crippen LogP contribution is 2.19. The van der Waals surface area contributed by atoms with E-state index in [0.29, 0.717) is 17.3 Å². The topological polar surface area (TPSA) is 81.8 Å². The Balaban J connectivity index is 2.19. The van der Waals surface area contributed by atoms with Crippen LogP contribution in [0.2, 0.25) is 0 Å². The lowest BCUT2D eigenvalue weighted by Gasteiger charge is -2.07. The second kappa shape index (κ2) is 4.59. The van der Waals surface area contributed by atoms with Crippen molar-refractivity contribution in [3.63, 3.8) is 0 Å². The molecule has 0 aliphatic carbocycles. The summed E-state index contributed by atoms with van der Waals surface area (Å²) >= 11 is 0. The van der Waals surface area contributed by atoms with E-state index in [1.807, 2.05) is 19.9 Å². The molecule has 20 heavy (non-hydrogen) atoms. The molecule has 0 bridgehead atoms. The van der Waals surface area contributed by atoms with Crippen molar-refractivity contribution >= 4 is 5.78 Å². The molecule has 0 aliphatic rings. The van der Waals surface area contributed by atoms with Crippen molar-refractivity contribution in [1.29, 1.82) is 0 Å². The molecule has 0 radical (unpaired) electrons. The Kier molecular flexibility index (Phi) is 2.89. The van der Waals surface area contributed by atoms with E-state index in [2.05, 4.69) is 44.1 Å². The predicted octanol–water partition coefficient (Wildman–Crippen LogP) is 1.72. The van der Waals surface area contributed by atoms with Gasteiger partial charge in [0.15, 0.2) is 0 Å². The van der Waals surface area contributed by atoms with E-state index in [1.165, 1.54) is 0 Å². The van der Waals surface area contributed by atoms with Gasteiger partial charge in [-0.15, -0.1) is 15.3 Å². The second-order valence-corrected chi connectivity index (χ2v) is 4.96. The minimum atomic E-state index is 0.264. The predicted molar refractivity (Wildman–Crippen MR) is 73.2 cm³/mol. The van der Waals surface area contributed by atoms with Crippen LogP contribution in [0.25, 0.3) is 17.2 Å². The van der Waals surface area contributed by atoms with E-state index in [0.717, 1.165) is 17.2 Å². The fourth-order valence-corrected chi connectivity index (χ4v) is 1.98. The maximum absolute atomic E-state index is 4.54. The molecule has 0 fully saturated rings. The minimum absolute atomic E-state index is 0.264. The van der Waals surface area contributed by atoms with Crippen molar-refractivity contribution in [2.75, 3.05) is 0 Å². The SMILES string of the molecule is Cc1nc2nnc(-c3ccnc(C(C)C)n3)c(C)n2n1. The van der Waals surface area contributed by atoms with Crippen molar-refractivity contribution in [3.05, 3.63) is 29.6 Å². The third-order valence-corrected chi connectivity index (χ3v) is 3.03. The Morgan fingerprint density at radius 3 is 2.65 bits per heavy atom. The van der Waals surface area contributed by atoms with Crippen LogP contribution in [-0.4, -0.2) is 34.8 Å². The number of nitrogens with zero attached hydrogens (tertiary/aromatic N) is 7. The standard InChI is InChI=1S/C13H15N7/c1-7(2)12-14-6-5-10(16-12)11-8(3)20-13(18-17-11)15-9(4)19-20/h5-7H,1-4H3. The number of fused-ring (bicyclic) bond motifs is 1. The smallest absolute Gasteiger partial charge is 0.241 e. The molecule has 3 aromatic rings. The highest BCUT2D eigenvalue weighted by Gasteiger charge is 2.14. The fourth-order valence-electron chi connectivity index (χ4n) is 1.98. The molecule has 0 aliphatic heterocycles. The molecular formula is C13H15N7. The van der Waals surface area contributed by atoms with Gasteiger partial charge < -0.3 is 0 Å². The first kappa shape index (κ1) is 12.6. The van der Waals surface area contributed by atoms with Gasteiger partial charge in [-0.05, 0) is 19.9 Å². The van der Waals surface area contributed by atoms with Crippen molar-refractivity contribution in [2.24, 2.45) is 0 Å². The lowest BCUT2D eigenvalue weighted by Crippen LogP contribution is -2.05. The summed E-state index contributed by atoms with van der Waals surface area (Å²) in [6, 6.07) is 1.83. The van der Waals surface area contributed by atoms with E-state index < -0.39 is 0 Å². The Bertz CT molecular complexity index is 775. The van der Waals surface area contributed by atoms with E-state index in [1.54, 1.807) is 10.7 Å². The van der Waals surface area contributed by atoms with Gasteiger partial charge in [0.1, 0.15) is 17.3 Å². The molecule has 3 heterocycles. The van der Waals surface area contributed by atoms with Gasteiger partial charge in [-0.3, -0.25) is 0 Å². The zero-order chi connectivity index (χ0) is 14.3. The summed E-state index contributed by atoms with van der Waals surface area (Å²) in [5, 5.41) is 12.6. The lowest BCUT2D eigenvalue weighted by molar-refractivity contribution is 0.772. The van der Waals surface area contributed by atoms with E-state index >= 15 is 0 Å². The van der Waals surface area contributed by atoms with Gasteiger partial charge in [-0.25, -0.2) is 9.97 Å². The summed E-state index contributed by atoms with van der Waals surface area (Å²) < 4.78 is 1.69. The van der Waals surface area contributed by atoms with Gasteiger partial charge in [-0.1, -0.05) is 13.8 Å². The van der Waals surface area contributed by atoms with Crippen LogP contribution in [0.3, 0.4) is 0 Å². The van der Waals surface area contributed by atoms with Crippen molar-refractivity contribution < 1.29 is 0 Å².